The van der Waals surface area contributed by atoms with Gasteiger partial charge in [-0.15, -0.1) is 0 Å². The normalized spacial score (nSPS) is 22.4. The van der Waals surface area contributed by atoms with Crippen molar-refractivity contribution in [1.82, 2.24) is 0 Å². The van der Waals surface area contributed by atoms with Crippen LogP contribution in [0.25, 0.3) is 0 Å². The van der Waals surface area contributed by atoms with Gasteiger partial charge >= 0.3 is 0 Å². The van der Waals surface area contributed by atoms with Crippen molar-refractivity contribution in [2.45, 2.75) is 77.4 Å². The lowest BCUT2D eigenvalue weighted by atomic mass is 10.1. The minimum Gasteiger partial charge on any atom is -0.392 e. The molecule has 2 aliphatic rings. The molecular formula is C33H40O7. The molecule has 0 radical (unpaired) electrons. The molecule has 2 unspecified atom stereocenters. The standard InChI is InChI=1S/C33H40O7/c1-32(2)37-21-30(39-32)27-13-7-24(8-14-27)18-35-20-29(26-11-5-23(17-34)6-12-26)36-19-25-9-15-28(16-10-25)31-22-38-33(3,4)40-31/h5-16,29-31,34H,17-22H2,1-4H3/t29-,30?,31?/m0/s1. The van der Waals surface area contributed by atoms with Gasteiger partial charge in [0.2, 0.25) is 0 Å². The van der Waals surface area contributed by atoms with E-state index >= 15 is 0 Å². The Labute approximate surface area is 236 Å². The van der Waals surface area contributed by atoms with Gasteiger partial charge < -0.3 is 33.5 Å². The van der Waals surface area contributed by atoms with Crippen LogP contribution in [0.3, 0.4) is 0 Å². The predicted octanol–water partition coefficient (Wildman–Crippen LogP) is 6.30. The molecule has 0 aromatic heterocycles. The van der Waals surface area contributed by atoms with E-state index in [0.29, 0.717) is 33.0 Å². The molecular weight excluding hydrogens is 508 g/mol. The van der Waals surface area contributed by atoms with E-state index in [1.165, 1.54) is 0 Å². The van der Waals surface area contributed by atoms with Crippen molar-refractivity contribution in [3.8, 4) is 0 Å². The van der Waals surface area contributed by atoms with Crippen LogP contribution in [0.15, 0.2) is 72.8 Å². The van der Waals surface area contributed by atoms with E-state index in [1.807, 2.05) is 52.0 Å². The van der Waals surface area contributed by atoms with Gasteiger partial charge in [-0.05, 0) is 61.1 Å². The van der Waals surface area contributed by atoms with E-state index in [4.69, 9.17) is 28.4 Å². The first-order valence-corrected chi connectivity index (χ1v) is 13.9. The van der Waals surface area contributed by atoms with E-state index < -0.39 is 11.6 Å². The molecule has 2 saturated heterocycles. The van der Waals surface area contributed by atoms with Crippen LogP contribution in [0, 0.1) is 0 Å². The minimum absolute atomic E-state index is 0.00704. The van der Waals surface area contributed by atoms with E-state index in [2.05, 4.69) is 48.5 Å². The summed E-state index contributed by atoms with van der Waals surface area (Å²) in [5.41, 5.74) is 6.20. The molecule has 3 aromatic carbocycles. The second-order valence-electron chi connectivity index (χ2n) is 11.3. The van der Waals surface area contributed by atoms with Crippen LogP contribution < -0.4 is 0 Å². The number of aliphatic hydroxyl groups excluding tert-OH is 1. The Hall–Kier alpha value is -2.62. The molecule has 0 amide bonds. The number of rotatable bonds is 11. The molecule has 40 heavy (non-hydrogen) atoms. The first-order valence-electron chi connectivity index (χ1n) is 13.9. The van der Waals surface area contributed by atoms with Crippen molar-refractivity contribution in [3.05, 3.63) is 106 Å². The summed E-state index contributed by atoms with van der Waals surface area (Å²) in [6, 6.07) is 24.4. The molecule has 3 aromatic rings. The fourth-order valence-corrected chi connectivity index (χ4v) is 4.92. The molecule has 2 heterocycles. The Bertz CT molecular complexity index is 1220. The van der Waals surface area contributed by atoms with E-state index in [0.717, 1.165) is 33.4 Å². The highest BCUT2D eigenvalue weighted by Gasteiger charge is 2.34. The number of aliphatic hydroxyl groups is 1. The third-order valence-electron chi connectivity index (χ3n) is 7.24. The molecule has 2 fully saturated rings. The maximum atomic E-state index is 9.44. The lowest BCUT2D eigenvalue weighted by Gasteiger charge is -2.20. The van der Waals surface area contributed by atoms with Gasteiger partial charge in [0.15, 0.2) is 11.6 Å². The van der Waals surface area contributed by atoms with Crippen LogP contribution in [-0.2, 0) is 48.2 Å². The van der Waals surface area contributed by atoms with Gasteiger partial charge in [0, 0.05) is 0 Å². The molecule has 214 valence electrons. The van der Waals surface area contributed by atoms with Crippen LogP contribution in [0.4, 0.5) is 0 Å². The second kappa shape index (κ2) is 12.5. The predicted molar refractivity (Wildman–Crippen MR) is 150 cm³/mol. The molecule has 5 rings (SSSR count). The first-order chi connectivity index (χ1) is 19.2. The fraction of sp³-hybridized carbons (Fsp3) is 0.455. The lowest BCUT2D eigenvalue weighted by Crippen LogP contribution is -2.19. The molecule has 0 aliphatic carbocycles. The highest BCUT2D eigenvalue weighted by molar-refractivity contribution is 5.27. The SMILES string of the molecule is CC1(C)OCC(c2ccc(COC[C@H](OCc3ccc(C4COC(C)(C)O4)cc3)c3ccc(CO)cc3)cc2)O1. The molecule has 0 spiro atoms. The Morgan fingerprint density at radius 2 is 1.18 bits per heavy atom. The first kappa shape index (κ1) is 28.9. The van der Waals surface area contributed by atoms with Gasteiger partial charge in [-0.25, -0.2) is 0 Å². The quantitative estimate of drug-likeness (QED) is 0.301. The number of hydrogen-bond donors (Lipinski definition) is 1. The van der Waals surface area contributed by atoms with E-state index in [-0.39, 0.29) is 24.9 Å². The van der Waals surface area contributed by atoms with Crippen molar-refractivity contribution < 1.29 is 33.5 Å². The van der Waals surface area contributed by atoms with Crippen LogP contribution in [0.5, 0.6) is 0 Å². The second-order valence-corrected chi connectivity index (χ2v) is 11.3. The summed E-state index contributed by atoms with van der Waals surface area (Å²) in [6.45, 7) is 10.2. The topological polar surface area (TPSA) is 75.6 Å². The smallest absolute Gasteiger partial charge is 0.163 e. The third kappa shape index (κ3) is 7.56. The van der Waals surface area contributed by atoms with Gasteiger partial charge in [-0.1, -0.05) is 72.8 Å². The third-order valence-corrected chi connectivity index (χ3v) is 7.24. The Kier molecular flexibility index (Phi) is 9.02. The summed E-state index contributed by atoms with van der Waals surface area (Å²) in [5.74, 6) is -1.10. The maximum Gasteiger partial charge on any atom is 0.163 e. The van der Waals surface area contributed by atoms with Crippen molar-refractivity contribution in [3.63, 3.8) is 0 Å². The van der Waals surface area contributed by atoms with Gasteiger partial charge in [0.1, 0.15) is 18.3 Å². The number of hydrogen-bond acceptors (Lipinski definition) is 7. The molecule has 3 atom stereocenters. The van der Waals surface area contributed by atoms with Crippen molar-refractivity contribution in [2.24, 2.45) is 0 Å². The largest absolute Gasteiger partial charge is 0.392 e. The molecule has 2 aliphatic heterocycles. The summed E-state index contributed by atoms with van der Waals surface area (Å²) >= 11 is 0. The Balaban J connectivity index is 1.17. The maximum absolute atomic E-state index is 9.44. The average Bonchev–Trinajstić information content (AvgIpc) is 3.51. The van der Waals surface area contributed by atoms with Crippen molar-refractivity contribution in [2.75, 3.05) is 19.8 Å². The van der Waals surface area contributed by atoms with Gasteiger partial charge in [-0.2, -0.15) is 0 Å². The van der Waals surface area contributed by atoms with Crippen LogP contribution in [0.1, 0.15) is 79.4 Å². The van der Waals surface area contributed by atoms with Crippen molar-refractivity contribution in [1.29, 1.82) is 0 Å². The fourth-order valence-electron chi connectivity index (χ4n) is 4.92. The summed E-state index contributed by atoms with van der Waals surface area (Å²) in [7, 11) is 0. The summed E-state index contributed by atoms with van der Waals surface area (Å²) < 4.78 is 35.8. The highest BCUT2D eigenvalue weighted by atomic mass is 16.7. The lowest BCUT2D eigenvalue weighted by molar-refractivity contribution is -0.139. The van der Waals surface area contributed by atoms with E-state index in [9.17, 15) is 5.11 Å². The Morgan fingerprint density at radius 1 is 0.700 bits per heavy atom. The average molecular weight is 549 g/mol. The molecule has 1 N–H and O–H groups in total. The van der Waals surface area contributed by atoms with Crippen LogP contribution in [0.2, 0.25) is 0 Å². The van der Waals surface area contributed by atoms with Crippen LogP contribution >= 0.6 is 0 Å². The molecule has 0 saturated carbocycles. The Morgan fingerprint density at radius 3 is 1.62 bits per heavy atom. The minimum atomic E-state index is -0.552. The van der Waals surface area contributed by atoms with Gasteiger partial charge in [0.25, 0.3) is 0 Å². The van der Waals surface area contributed by atoms with Crippen LogP contribution in [-0.4, -0.2) is 36.5 Å². The zero-order chi connectivity index (χ0) is 28.2. The summed E-state index contributed by atoms with van der Waals surface area (Å²) in [5, 5.41) is 9.44. The molecule has 7 heteroatoms. The summed E-state index contributed by atoms with van der Waals surface area (Å²) in [6.07, 6.45) is -0.369. The van der Waals surface area contributed by atoms with E-state index in [1.54, 1.807) is 0 Å². The highest BCUT2D eigenvalue weighted by Crippen LogP contribution is 2.34. The molecule has 0 bridgehead atoms. The summed E-state index contributed by atoms with van der Waals surface area (Å²) in [4.78, 5) is 0. The van der Waals surface area contributed by atoms with Crippen molar-refractivity contribution >= 4 is 0 Å². The number of ether oxygens (including phenoxy) is 6. The number of benzene rings is 3. The zero-order valence-electron chi connectivity index (χ0n) is 23.8. The van der Waals surface area contributed by atoms with Gasteiger partial charge in [-0.3, -0.25) is 0 Å². The molecule has 7 nitrogen and oxygen atoms in total. The van der Waals surface area contributed by atoms with Gasteiger partial charge in [0.05, 0.1) is 39.6 Å². The zero-order valence-corrected chi connectivity index (χ0v) is 23.8. The monoisotopic (exact) mass is 548 g/mol.